The first kappa shape index (κ1) is 8.54. The summed E-state index contributed by atoms with van der Waals surface area (Å²) in [5.41, 5.74) is 1.72. The maximum absolute atomic E-state index is 12.2. The zero-order valence-corrected chi connectivity index (χ0v) is 7.16. The third-order valence-corrected chi connectivity index (χ3v) is 2.03. The molecule has 0 nitrogen and oxygen atoms in total. The van der Waals surface area contributed by atoms with Gasteiger partial charge in [-0.25, -0.2) is 4.39 Å². The van der Waals surface area contributed by atoms with Crippen molar-refractivity contribution in [1.82, 2.24) is 0 Å². The number of alkyl halides is 1. The topological polar surface area (TPSA) is 0 Å². The molecule has 0 radical (unpaired) electrons. The van der Waals surface area contributed by atoms with Gasteiger partial charge in [-0.3, -0.25) is 0 Å². The Labute approximate surface area is 71.0 Å². The van der Waals surface area contributed by atoms with Crippen LogP contribution >= 0.6 is 11.6 Å². The standard InChI is InChI=1S/C9H10ClF/c1-2-7-3-4-9(10)8(5-7)6-11/h3-5H,2,6H2,1H3. The van der Waals surface area contributed by atoms with Gasteiger partial charge in [0.05, 0.1) is 0 Å². The fraction of sp³-hybridized carbons (Fsp3) is 0.333. The summed E-state index contributed by atoms with van der Waals surface area (Å²) in [6.45, 7) is 1.55. The van der Waals surface area contributed by atoms with Crippen LogP contribution in [0.25, 0.3) is 0 Å². The second-order valence-corrected chi connectivity index (χ2v) is 2.82. The van der Waals surface area contributed by atoms with Crippen molar-refractivity contribution in [3.8, 4) is 0 Å². The van der Waals surface area contributed by atoms with E-state index in [1.54, 1.807) is 6.07 Å². The number of halogens is 2. The molecule has 1 aromatic carbocycles. The highest BCUT2D eigenvalue weighted by Gasteiger charge is 1.99. The summed E-state index contributed by atoms with van der Waals surface area (Å²) in [5.74, 6) is 0. The molecule has 11 heavy (non-hydrogen) atoms. The summed E-state index contributed by atoms with van der Waals surface area (Å²) in [7, 11) is 0. The maximum Gasteiger partial charge on any atom is 0.116 e. The van der Waals surface area contributed by atoms with E-state index in [-0.39, 0.29) is 0 Å². The van der Waals surface area contributed by atoms with Crippen molar-refractivity contribution >= 4 is 11.6 Å². The van der Waals surface area contributed by atoms with Gasteiger partial charge in [0.1, 0.15) is 6.67 Å². The van der Waals surface area contributed by atoms with E-state index in [4.69, 9.17) is 11.6 Å². The van der Waals surface area contributed by atoms with Crippen molar-refractivity contribution in [1.29, 1.82) is 0 Å². The molecule has 0 aliphatic carbocycles. The molecule has 0 bridgehead atoms. The second-order valence-electron chi connectivity index (χ2n) is 2.41. The van der Waals surface area contributed by atoms with E-state index in [1.807, 2.05) is 19.1 Å². The zero-order chi connectivity index (χ0) is 8.27. The van der Waals surface area contributed by atoms with Gasteiger partial charge in [0, 0.05) is 10.6 Å². The minimum atomic E-state index is -0.479. The third-order valence-electron chi connectivity index (χ3n) is 1.66. The fourth-order valence-electron chi connectivity index (χ4n) is 0.950. The van der Waals surface area contributed by atoms with Gasteiger partial charge >= 0.3 is 0 Å². The SMILES string of the molecule is CCc1ccc(Cl)c(CF)c1. The van der Waals surface area contributed by atoms with E-state index in [1.165, 1.54) is 0 Å². The molecular formula is C9H10ClF. The highest BCUT2D eigenvalue weighted by molar-refractivity contribution is 6.31. The molecule has 0 atom stereocenters. The number of rotatable bonds is 2. The lowest BCUT2D eigenvalue weighted by Crippen LogP contribution is -1.85. The van der Waals surface area contributed by atoms with Crippen LogP contribution in [0.1, 0.15) is 18.1 Å². The molecule has 1 rings (SSSR count). The number of aryl methyl sites for hydroxylation is 1. The average Bonchev–Trinajstić information content (AvgIpc) is 2.05. The van der Waals surface area contributed by atoms with Crippen molar-refractivity contribution in [3.63, 3.8) is 0 Å². The Balaban J connectivity index is 3.02. The van der Waals surface area contributed by atoms with Crippen molar-refractivity contribution in [2.24, 2.45) is 0 Å². The van der Waals surface area contributed by atoms with E-state index < -0.39 is 6.67 Å². The minimum absolute atomic E-state index is 0.479. The van der Waals surface area contributed by atoms with Crippen LogP contribution in [-0.4, -0.2) is 0 Å². The number of hydrogen-bond acceptors (Lipinski definition) is 0. The molecule has 0 saturated heterocycles. The van der Waals surface area contributed by atoms with Crippen LogP contribution in [-0.2, 0) is 13.1 Å². The van der Waals surface area contributed by atoms with Crippen molar-refractivity contribution in [2.45, 2.75) is 20.0 Å². The van der Waals surface area contributed by atoms with Crippen LogP contribution in [0.2, 0.25) is 5.02 Å². The molecule has 0 aromatic heterocycles. The van der Waals surface area contributed by atoms with Crippen LogP contribution in [0.15, 0.2) is 18.2 Å². The van der Waals surface area contributed by atoms with Gasteiger partial charge in [0.2, 0.25) is 0 Å². The Bertz CT molecular complexity index is 245. The molecule has 60 valence electrons. The summed E-state index contributed by atoms with van der Waals surface area (Å²) >= 11 is 5.71. The van der Waals surface area contributed by atoms with E-state index in [0.29, 0.717) is 10.6 Å². The Hall–Kier alpha value is -0.560. The van der Waals surface area contributed by atoms with E-state index in [2.05, 4.69) is 0 Å². The first-order chi connectivity index (χ1) is 5.27. The van der Waals surface area contributed by atoms with Crippen LogP contribution in [0.5, 0.6) is 0 Å². The normalized spacial score (nSPS) is 10.1. The van der Waals surface area contributed by atoms with Crippen LogP contribution in [0.4, 0.5) is 4.39 Å². The largest absolute Gasteiger partial charge is 0.246 e. The van der Waals surface area contributed by atoms with E-state index in [9.17, 15) is 4.39 Å². The first-order valence-electron chi connectivity index (χ1n) is 3.61. The van der Waals surface area contributed by atoms with Crippen LogP contribution in [0.3, 0.4) is 0 Å². The Morgan fingerprint density at radius 1 is 1.45 bits per heavy atom. The summed E-state index contributed by atoms with van der Waals surface area (Å²) in [6.07, 6.45) is 0.921. The molecule has 2 heteroatoms. The molecule has 0 fully saturated rings. The lowest BCUT2D eigenvalue weighted by atomic mass is 10.1. The maximum atomic E-state index is 12.2. The molecule has 0 aliphatic heterocycles. The molecular weight excluding hydrogens is 163 g/mol. The molecule has 1 aromatic rings. The lowest BCUT2D eigenvalue weighted by Gasteiger charge is -2.01. The Morgan fingerprint density at radius 2 is 2.18 bits per heavy atom. The molecule has 0 N–H and O–H groups in total. The van der Waals surface area contributed by atoms with Crippen molar-refractivity contribution in [3.05, 3.63) is 34.3 Å². The monoisotopic (exact) mass is 172 g/mol. The van der Waals surface area contributed by atoms with Crippen LogP contribution < -0.4 is 0 Å². The fourth-order valence-corrected chi connectivity index (χ4v) is 1.12. The highest BCUT2D eigenvalue weighted by atomic mass is 35.5. The molecule has 0 amide bonds. The molecule has 0 unspecified atom stereocenters. The summed E-state index contributed by atoms with van der Waals surface area (Å²) in [5, 5.41) is 0.518. The summed E-state index contributed by atoms with van der Waals surface area (Å²) in [6, 6.07) is 5.47. The predicted octanol–water partition coefficient (Wildman–Crippen LogP) is 3.37. The van der Waals surface area contributed by atoms with Gasteiger partial charge < -0.3 is 0 Å². The van der Waals surface area contributed by atoms with Gasteiger partial charge in [-0.2, -0.15) is 0 Å². The van der Waals surface area contributed by atoms with E-state index >= 15 is 0 Å². The van der Waals surface area contributed by atoms with E-state index in [0.717, 1.165) is 12.0 Å². The quantitative estimate of drug-likeness (QED) is 0.642. The lowest BCUT2D eigenvalue weighted by molar-refractivity contribution is 0.485. The second kappa shape index (κ2) is 3.72. The van der Waals surface area contributed by atoms with Gasteiger partial charge in [-0.05, 0) is 18.1 Å². The van der Waals surface area contributed by atoms with Crippen LogP contribution in [0, 0.1) is 0 Å². The molecule has 0 aliphatic rings. The zero-order valence-electron chi connectivity index (χ0n) is 6.40. The van der Waals surface area contributed by atoms with Gasteiger partial charge in [0.15, 0.2) is 0 Å². The summed E-state index contributed by atoms with van der Waals surface area (Å²) in [4.78, 5) is 0. The van der Waals surface area contributed by atoms with Gasteiger partial charge in [0.25, 0.3) is 0 Å². The highest BCUT2D eigenvalue weighted by Crippen LogP contribution is 2.18. The Kier molecular flexibility index (Phi) is 2.89. The van der Waals surface area contributed by atoms with Gasteiger partial charge in [-0.1, -0.05) is 30.7 Å². The summed E-state index contributed by atoms with van der Waals surface area (Å²) < 4.78 is 12.2. The number of hydrogen-bond donors (Lipinski definition) is 0. The Morgan fingerprint density at radius 3 is 2.73 bits per heavy atom. The molecule has 0 spiro atoms. The third kappa shape index (κ3) is 1.93. The first-order valence-corrected chi connectivity index (χ1v) is 3.99. The average molecular weight is 173 g/mol. The minimum Gasteiger partial charge on any atom is -0.246 e. The van der Waals surface area contributed by atoms with Crippen molar-refractivity contribution in [2.75, 3.05) is 0 Å². The van der Waals surface area contributed by atoms with Crippen molar-refractivity contribution < 1.29 is 4.39 Å². The molecule has 0 saturated carbocycles. The smallest absolute Gasteiger partial charge is 0.116 e. The van der Waals surface area contributed by atoms with Gasteiger partial charge in [-0.15, -0.1) is 0 Å². The number of benzene rings is 1. The molecule has 0 heterocycles. The predicted molar refractivity (Wildman–Crippen MR) is 45.6 cm³/mol.